The van der Waals surface area contributed by atoms with E-state index in [0.29, 0.717) is 10.8 Å². The minimum Gasteiger partial charge on any atom is -0.313 e. The van der Waals surface area contributed by atoms with Gasteiger partial charge in [-0.2, -0.15) is 0 Å². The summed E-state index contributed by atoms with van der Waals surface area (Å²) in [5.41, 5.74) is 4.22. The first-order valence-electron chi connectivity index (χ1n) is 8.57. The van der Waals surface area contributed by atoms with E-state index < -0.39 is 0 Å². The van der Waals surface area contributed by atoms with Crippen molar-refractivity contribution in [1.82, 2.24) is 10.3 Å². The summed E-state index contributed by atoms with van der Waals surface area (Å²) in [5, 5.41) is 6.05. The Hall–Kier alpha value is -0.410. The maximum absolute atomic E-state index is 4.56. The van der Waals surface area contributed by atoms with Gasteiger partial charge in [-0.1, -0.05) is 20.8 Å². The number of nitrogens with zero attached hydrogens (tertiary/aromatic N) is 1. The van der Waals surface area contributed by atoms with E-state index in [1.807, 2.05) is 5.51 Å². The molecule has 1 heterocycles. The van der Waals surface area contributed by atoms with Gasteiger partial charge in [0.05, 0.1) is 11.2 Å². The lowest BCUT2D eigenvalue weighted by atomic mass is 9.62. The third-order valence-corrected chi connectivity index (χ3v) is 6.29. The zero-order valence-electron chi connectivity index (χ0n) is 13.8. The van der Waals surface area contributed by atoms with Crippen LogP contribution in [0.2, 0.25) is 0 Å². The fourth-order valence-electron chi connectivity index (χ4n) is 3.87. The van der Waals surface area contributed by atoms with E-state index in [1.165, 1.54) is 57.2 Å². The number of aromatic nitrogens is 1. The number of hydrogen-bond donors (Lipinski definition) is 1. The Bertz CT molecular complexity index is 434. The fraction of sp³-hybridized carbons (Fsp3) is 0.833. The Labute approximate surface area is 133 Å². The number of nitrogens with one attached hydrogen (secondary N) is 1. The minimum absolute atomic E-state index is 0.457. The molecule has 0 unspecified atom stereocenters. The molecule has 2 nitrogen and oxygen atoms in total. The average Bonchev–Trinajstić information content (AvgIpc) is 3.13. The Morgan fingerprint density at radius 1 is 1.24 bits per heavy atom. The van der Waals surface area contributed by atoms with E-state index in [4.69, 9.17) is 0 Å². The van der Waals surface area contributed by atoms with E-state index in [0.717, 1.165) is 12.0 Å². The van der Waals surface area contributed by atoms with Gasteiger partial charge in [0.2, 0.25) is 0 Å². The second-order valence-corrected chi connectivity index (χ2v) is 9.17. The molecule has 0 aromatic carbocycles. The molecule has 21 heavy (non-hydrogen) atoms. The molecule has 0 atom stereocenters. The molecule has 2 saturated carbocycles. The van der Waals surface area contributed by atoms with Crippen molar-refractivity contribution in [2.45, 2.75) is 71.8 Å². The van der Waals surface area contributed by atoms with Crippen LogP contribution in [0.4, 0.5) is 0 Å². The van der Waals surface area contributed by atoms with Crippen LogP contribution in [0.25, 0.3) is 0 Å². The van der Waals surface area contributed by atoms with Crippen molar-refractivity contribution in [3.63, 3.8) is 0 Å². The fourth-order valence-corrected chi connectivity index (χ4v) is 4.43. The van der Waals surface area contributed by atoms with Crippen molar-refractivity contribution < 1.29 is 0 Å². The van der Waals surface area contributed by atoms with Crippen LogP contribution >= 0.6 is 11.3 Å². The molecule has 3 rings (SSSR count). The first kappa shape index (κ1) is 15.5. The Morgan fingerprint density at radius 2 is 1.95 bits per heavy atom. The minimum atomic E-state index is 0.457. The lowest BCUT2D eigenvalue weighted by molar-refractivity contribution is 0.0853. The summed E-state index contributed by atoms with van der Waals surface area (Å²) >= 11 is 1.74. The average molecular weight is 307 g/mol. The van der Waals surface area contributed by atoms with Gasteiger partial charge in [-0.15, -0.1) is 11.3 Å². The van der Waals surface area contributed by atoms with Gasteiger partial charge in [0, 0.05) is 18.0 Å². The van der Waals surface area contributed by atoms with Crippen LogP contribution in [-0.2, 0) is 6.42 Å². The van der Waals surface area contributed by atoms with Crippen molar-refractivity contribution in [2.75, 3.05) is 6.54 Å². The van der Waals surface area contributed by atoms with Crippen LogP contribution in [-0.4, -0.2) is 17.6 Å². The first-order valence-corrected chi connectivity index (χ1v) is 9.52. The maximum Gasteiger partial charge on any atom is 0.0794 e. The van der Waals surface area contributed by atoms with Crippen LogP contribution in [0.5, 0.6) is 0 Å². The summed E-state index contributed by atoms with van der Waals surface area (Å²) in [5.74, 6) is 0.891. The Morgan fingerprint density at radius 3 is 2.48 bits per heavy atom. The molecule has 0 saturated heterocycles. The molecule has 2 aliphatic rings. The summed E-state index contributed by atoms with van der Waals surface area (Å²) in [6, 6.07) is 0.817. The van der Waals surface area contributed by atoms with E-state index >= 15 is 0 Å². The lowest BCUT2D eigenvalue weighted by Gasteiger charge is -2.44. The van der Waals surface area contributed by atoms with Crippen LogP contribution in [0.3, 0.4) is 0 Å². The molecular weight excluding hydrogens is 276 g/mol. The third kappa shape index (κ3) is 4.07. The predicted molar refractivity (Wildman–Crippen MR) is 90.7 cm³/mol. The van der Waals surface area contributed by atoms with Gasteiger partial charge < -0.3 is 5.32 Å². The molecule has 1 aromatic heterocycles. The molecule has 2 aliphatic carbocycles. The maximum atomic E-state index is 4.56. The Kier molecular flexibility index (Phi) is 4.42. The number of thiazole rings is 1. The number of hydrogen-bond acceptors (Lipinski definition) is 3. The van der Waals surface area contributed by atoms with Gasteiger partial charge in [0.25, 0.3) is 0 Å². The van der Waals surface area contributed by atoms with Crippen molar-refractivity contribution in [3.05, 3.63) is 16.6 Å². The summed E-state index contributed by atoms with van der Waals surface area (Å²) < 4.78 is 0. The van der Waals surface area contributed by atoms with Crippen molar-refractivity contribution >= 4 is 11.3 Å². The first-order chi connectivity index (χ1) is 9.97. The molecule has 118 valence electrons. The van der Waals surface area contributed by atoms with E-state index in [9.17, 15) is 0 Å². The zero-order chi connectivity index (χ0) is 14.9. The third-order valence-electron chi connectivity index (χ3n) is 5.65. The van der Waals surface area contributed by atoms with E-state index in [-0.39, 0.29) is 0 Å². The highest BCUT2D eigenvalue weighted by Crippen LogP contribution is 2.46. The molecule has 0 amide bonds. The van der Waals surface area contributed by atoms with Gasteiger partial charge >= 0.3 is 0 Å². The van der Waals surface area contributed by atoms with Crippen molar-refractivity contribution in [2.24, 2.45) is 16.7 Å². The highest BCUT2D eigenvalue weighted by molar-refractivity contribution is 7.07. The lowest BCUT2D eigenvalue weighted by Crippen LogP contribution is -2.42. The standard InChI is InChI=1S/C18H30N2S/c1-17(2,3)14-6-8-18(9-7-14,12-19-15-4-5-15)10-16-11-21-13-20-16/h11,13-15,19H,4-10,12H2,1-3H3. The normalized spacial score (nSPS) is 30.5. The Balaban J connectivity index is 1.65. The van der Waals surface area contributed by atoms with Gasteiger partial charge in [-0.25, -0.2) is 4.98 Å². The quantitative estimate of drug-likeness (QED) is 0.855. The van der Waals surface area contributed by atoms with Crippen LogP contribution in [0.1, 0.15) is 65.0 Å². The molecule has 0 bridgehead atoms. The second kappa shape index (κ2) is 6.00. The molecule has 1 N–H and O–H groups in total. The van der Waals surface area contributed by atoms with Crippen LogP contribution in [0.15, 0.2) is 10.9 Å². The molecule has 0 radical (unpaired) electrons. The molecular formula is C18H30N2S. The summed E-state index contributed by atoms with van der Waals surface area (Å²) in [6.07, 6.45) is 9.46. The van der Waals surface area contributed by atoms with Crippen LogP contribution < -0.4 is 5.32 Å². The zero-order valence-corrected chi connectivity index (χ0v) is 14.6. The summed E-state index contributed by atoms with van der Waals surface area (Å²) in [7, 11) is 0. The number of rotatable bonds is 5. The topological polar surface area (TPSA) is 24.9 Å². The molecule has 0 aliphatic heterocycles. The molecule has 2 fully saturated rings. The van der Waals surface area contributed by atoms with E-state index in [2.05, 4.69) is 36.5 Å². The van der Waals surface area contributed by atoms with Gasteiger partial charge in [-0.05, 0) is 61.7 Å². The highest BCUT2D eigenvalue weighted by atomic mass is 32.1. The molecule has 0 spiro atoms. The van der Waals surface area contributed by atoms with Gasteiger partial charge in [-0.3, -0.25) is 0 Å². The van der Waals surface area contributed by atoms with Crippen molar-refractivity contribution in [1.29, 1.82) is 0 Å². The SMILES string of the molecule is CC(C)(C)C1CCC(CNC2CC2)(Cc2cscn2)CC1. The molecule has 1 aromatic rings. The van der Waals surface area contributed by atoms with Crippen molar-refractivity contribution in [3.8, 4) is 0 Å². The summed E-state index contributed by atoms with van der Waals surface area (Å²) in [6.45, 7) is 8.43. The molecule has 3 heteroatoms. The highest BCUT2D eigenvalue weighted by Gasteiger charge is 2.39. The van der Waals surface area contributed by atoms with E-state index in [1.54, 1.807) is 11.3 Å². The smallest absolute Gasteiger partial charge is 0.0794 e. The second-order valence-electron chi connectivity index (χ2n) is 8.45. The van der Waals surface area contributed by atoms with Crippen LogP contribution in [0, 0.1) is 16.7 Å². The van der Waals surface area contributed by atoms with Gasteiger partial charge in [0.15, 0.2) is 0 Å². The summed E-state index contributed by atoms with van der Waals surface area (Å²) in [4.78, 5) is 4.56. The largest absolute Gasteiger partial charge is 0.313 e. The van der Waals surface area contributed by atoms with Gasteiger partial charge in [0.1, 0.15) is 0 Å². The monoisotopic (exact) mass is 306 g/mol. The predicted octanol–water partition coefficient (Wildman–Crippen LogP) is 4.66.